The Morgan fingerprint density at radius 3 is 2.55 bits per heavy atom. The molecule has 1 aliphatic heterocycles. The number of rotatable bonds is 8. The summed E-state index contributed by atoms with van der Waals surface area (Å²) in [5, 5.41) is 10.9. The van der Waals surface area contributed by atoms with E-state index in [0.29, 0.717) is 29.4 Å². The van der Waals surface area contributed by atoms with Crippen molar-refractivity contribution < 1.29 is 19.1 Å². The van der Waals surface area contributed by atoms with Gasteiger partial charge in [-0.2, -0.15) is 4.99 Å². The van der Waals surface area contributed by atoms with E-state index < -0.39 is 11.2 Å². The summed E-state index contributed by atoms with van der Waals surface area (Å²) in [4.78, 5) is 42.2. The molecule has 0 spiro atoms. The van der Waals surface area contributed by atoms with E-state index in [1.807, 2.05) is 30.3 Å². The van der Waals surface area contributed by atoms with Crippen LogP contribution in [0.4, 0.5) is 5.69 Å². The van der Waals surface area contributed by atoms with Gasteiger partial charge in [-0.1, -0.05) is 42.1 Å². The molecule has 0 bridgehead atoms. The topological polar surface area (TPSA) is 112 Å². The van der Waals surface area contributed by atoms with Crippen molar-refractivity contribution in [1.29, 1.82) is 5.41 Å². The minimum Gasteiger partial charge on any atom is -0.462 e. The zero-order valence-electron chi connectivity index (χ0n) is 18.5. The Balaban J connectivity index is 1.62. The molecule has 0 aromatic heterocycles. The molecule has 1 aliphatic rings. The lowest BCUT2D eigenvalue weighted by atomic mass is 10.1. The van der Waals surface area contributed by atoms with Crippen molar-refractivity contribution in [2.24, 2.45) is 4.99 Å². The van der Waals surface area contributed by atoms with Gasteiger partial charge in [0.1, 0.15) is 5.84 Å². The maximum absolute atomic E-state index is 12.7. The van der Waals surface area contributed by atoms with E-state index in [9.17, 15) is 14.4 Å². The number of anilines is 1. The first-order chi connectivity index (χ1) is 15.9. The molecule has 2 aromatic carbocycles. The van der Waals surface area contributed by atoms with Crippen molar-refractivity contribution in [3.63, 3.8) is 0 Å². The van der Waals surface area contributed by atoms with Crippen LogP contribution in [0.5, 0.6) is 0 Å². The molecule has 2 amide bonds. The minimum absolute atomic E-state index is 0.0494. The highest BCUT2D eigenvalue weighted by Crippen LogP contribution is 2.23. The van der Waals surface area contributed by atoms with Crippen LogP contribution in [-0.2, 0) is 20.7 Å². The summed E-state index contributed by atoms with van der Waals surface area (Å²) in [5.41, 5.74) is 2.05. The molecule has 0 saturated heterocycles. The molecule has 8 nitrogen and oxygen atoms in total. The third-order valence-electron chi connectivity index (χ3n) is 4.88. The first-order valence-corrected chi connectivity index (χ1v) is 11.5. The molecule has 0 radical (unpaired) electrons. The Morgan fingerprint density at radius 2 is 1.88 bits per heavy atom. The van der Waals surface area contributed by atoms with Crippen molar-refractivity contribution in [2.45, 2.75) is 31.9 Å². The van der Waals surface area contributed by atoms with Crippen LogP contribution in [0.3, 0.4) is 0 Å². The number of carbonyl (C=O) groups excluding carboxylic acids is 3. The second-order valence-electron chi connectivity index (χ2n) is 7.35. The number of aliphatic imine (C=N–C) groups is 1. The monoisotopic (exact) mass is 466 g/mol. The van der Waals surface area contributed by atoms with Gasteiger partial charge in [0.15, 0.2) is 5.17 Å². The van der Waals surface area contributed by atoms with Crippen molar-refractivity contribution in [1.82, 2.24) is 4.90 Å². The summed E-state index contributed by atoms with van der Waals surface area (Å²) in [6.45, 7) is 4.23. The largest absolute Gasteiger partial charge is 0.462 e. The summed E-state index contributed by atoms with van der Waals surface area (Å²) in [6.07, 6.45) is 0.636. The van der Waals surface area contributed by atoms with Crippen molar-refractivity contribution in [3.05, 3.63) is 65.7 Å². The molecule has 33 heavy (non-hydrogen) atoms. The van der Waals surface area contributed by atoms with E-state index >= 15 is 0 Å². The van der Waals surface area contributed by atoms with E-state index in [1.165, 1.54) is 0 Å². The fourth-order valence-electron chi connectivity index (χ4n) is 3.13. The van der Waals surface area contributed by atoms with Crippen LogP contribution in [0.1, 0.15) is 36.2 Å². The average Bonchev–Trinajstić information content (AvgIpc) is 2.79. The second-order valence-corrected chi connectivity index (χ2v) is 8.65. The molecule has 3 rings (SSSR count). The lowest BCUT2D eigenvalue weighted by Gasteiger charge is -2.29. The van der Waals surface area contributed by atoms with Gasteiger partial charge in [-0.05, 0) is 50.1 Å². The zero-order chi connectivity index (χ0) is 23.8. The average molecular weight is 467 g/mol. The Bertz CT molecular complexity index is 1050. The quantitative estimate of drug-likeness (QED) is 0.574. The SMILES string of the molecule is CCOC(=O)c1ccc(NC(=O)C(C)SC2=NC(=O)CC(=N)N2CCc2ccccc2)cc1. The molecule has 1 heterocycles. The number of carbonyl (C=O) groups is 3. The van der Waals surface area contributed by atoms with Crippen LogP contribution in [0, 0.1) is 5.41 Å². The summed E-state index contributed by atoms with van der Waals surface area (Å²) < 4.78 is 4.95. The van der Waals surface area contributed by atoms with Crippen LogP contribution in [-0.4, -0.2) is 52.1 Å². The summed E-state index contributed by atoms with van der Waals surface area (Å²) >= 11 is 1.14. The van der Waals surface area contributed by atoms with Gasteiger partial charge < -0.3 is 15.0 Å². The molecular weight excluding hydrogens is 440 g/mol. The van der Waals surface area contributed by atoms with Crippen LogP contribution >= 0.6 is 11.8 Å². The highest BCUT2D eigenvalue weighted by Gasteiger charge is 2.28. The van der Waals surface area contributed by atoms with Gasteiger partial charge in [-0.15, -0.1) is 0 Å². The van der Waals surface area contributed by atoms with E-state index in [2.05, 4.69) is 10.3 Å². The van der Waals surface area contributed by atoms with Crippen LogP contribution in [0.15, 0.2) is 59.6 Å². The maximum atomic E-state index is 12.7. The Morgan fingerprint density at radius 1 is 1.18 bits per heavy atom. The van der Waals surface area contributed by atoms with Crippen LogP contribution in [0.25, 0.3) is 0 Å². The molecule has 0 fully saturated rings. The standard InChI is InChI=1S/C24H26N4O4S/c1-3-32-23(31)18-9-11-19(12-10-18)26-22(30)16(2)33-24-27-21(29)15-20(25)28(24)14-13-17-7-5-4-6-8-17/h4-12,16,25H,3,13-15H2,1-2H3,(H,26,30). The summed E-state index contributed by atoms with van der Waals surface area (Å²) in [6, 6.07) is 16.3. The molecule has 1 atom stereocenters. The number of esters is 1. The minimum atomic E-state index is -0.564. The number of nitrogens with zero attached hydrogens (tertiary/aromatic N) is 2. The lowest BCUT2D eigenvalue weighted by Crippen LogP contribution is -2.42. The van der Waals surface area contributed by atoms with Crippen LogP contribution < -0.4 is 5.32 Å². The zero-order valence-corrected chi connectivity index (χ0v) is 19.4. The van der Waals surface area contributed by atoms with Crippen molar-refractivity contribution in [3.8, 4) is 0 Å². The molecule has 172 valence electrons. The maximum Gasteiger partial charge on any atom is 0.338 e. The Hall–Kier alpha value is -3.46. The molecule has 1 unspecified atom stereocenters. The Labute approximate surface area is 196 Å². The molecular formula is C24H26N4O4S. The first kappa shape index (κ1) is 24.2. The fraction of sp³-hybridized carbons (Fsp3) is 0.292. The first-order valence-electron chi connectivity index (χ1n) is 10.6. The smallest absolute Gasteiger partial charge is 0.338 e. The van der Waals surface area contributed by atoms with Gasteiger partial charge in [0.25, 0.3) is 5.91 Å². The number of hydrogen-bond donors (Lipinski definition) is 2. The normalized spacial score (nSPS) is 14.5. The highest BCUT2D eigenvalue weighted by molar-refractivity contribution is 8.15. The number of amides is 2. The van der Waals surface area contributed by atoms with Gasteiger partial charge in [-0.25, -0.2) is 4.79 Å². The number of ether oxygens (including phenoxy) is 1. The molecule has 2 aromatic rings. The number of amidine groups is 2. The third-order valence-corrected chi connectivity index (χ3v) is 5.97. The number of nitrogens with one attached hydrogen (secondary N) is 2. The predicted molar refractivity (Wildman–Crippen MR) is 130 cm³/mol. The number of benzene rings is 2. The van der Waals surface area contributed by atoms with Gasteiger partial charge >= 0.3 is 5.97 Å². The fourth-order valence-corrected chi connectivity index (χ4v) is 4.09. The third kappa shape index (κ3) is 6.76. The summed E-state index contributed by atoms with van der Waals surface area (Å²) in [5.74, 6) is -0.910. The van der Waals surface area contributed by atoms with Gasteiger partial charge in [0.05, 0.1) is 23.8 Å². The highest BCUT2D eigenvalue weighted by atomic mass is 32.2. The van der Waals surface area contributed by atoms with E-state index in [4.69, 9.17) is 10.1 Å². The van der Waals surface area contributed by atoms with E-state index in [1.54, 1.807) is 43.0 Å². The van der Waals surface area contributed by atoms with Gasteiger partial charge in [0, 0.05) is 12.2 Å². The van der Waals surface area contributed by atoms with Gasteiger partial charge in [0.2, 0.25) is 5.91 Å². The lowest BCUT2D eigenvalue weighted by molar-refractivity contribution is -0.117. The molecule has 2 N–H and O–H groups in total. The predicted octanol–water partition coefficient (Wildman–Crippen LogP) is 3.73. The molecule has 9 heteroatoms. The molecule has 0 aliphatic carbocycles. The van der Waals surface area contributed by atoms with Crippen LogP contribution in [0.2, 0.25) is 0 Å². The van der Waals surface area contributed by atoms with Gasteiger partial charge in [-0.3, -0.25) is 15.0 Å². The Kier molecular flexibility index (Phi) is 8.37. The number of hydrogen-bond acceptors (Lipinski definition) is 6. The van der Waals surface area contributed by atoms with Crippen molar-refractivity contribution in [2.75, 3.05) is 18.5 Å². The number of thioether (sulfide) groups is 1. The second kappa shape index (κ2) is 11.4. The van der Waals surface area contributed by atoms with Crippen molar-refractivity contribution >= 4 is 46.2 Å². The molecule has 0 saturated carbocycles. The summed E-state index contributed by atoms with van der Waals surface area (Å²) in [7, 11) is 0. The van der Waals surface area contributed by atoms with E-state index in [-0.39, 0.29) is 30.7 Å². The van der Waals surface area contributed by atoms with E-state index in [0.717, 1.165) is 17.3 Å².